The highest BCUT2D eigenvalue weighted by molar-refractivity contribution is 5.89. The van der Waals surface area contributed by atoms with Crippen LogP contribution in [0.15, 0.2) is 18.2 Å². The van der Waals surface area contributed by atoms with Crippen molar-refractivity contribution < 1.29 is 19.0 Å². The SMILES string of the molecule is COC(=O)c1ccc(CNCC(O)CC(C)C)cc1F. The summed E-state index contributed by atoms with van der Waals surface area (Å²) < 4.78 is 18.1. The molecule has 1 aromatic carbocycles. The number of esters is 1. The molecule has 0 spiro atoms. The smallest absolute Gasteiger partial charge is 0.340 e. The zero-order valence-corrected chi connectivity index (χ0v) is 12.1. The summed E-state index contributed by atoms with van der Waals surface area (Å²) in [6, 6.07) is 4.37. The number of benzene rings is 1. The highest BCUT2D eigenvalue weighted by atomic mass is 19.1. The van der Waals surface area contributed by atoms with Gasteiger partial charge in [-0.05, 0) is 30.0 Å². The molecule has 2 N–H and O–H groups in total. The summed E-state index contributed by atoms with van der Waals surface area (Å²) in [6.45, 7) is 4.99. The minimum atomic E-state index is -0.686. The van der Waals surface area contributed by atoms with Crippen LogP contribution in [-0.4, -0.2) is 30.8 Å². The molecule has 0 fully saturated rings. The predicted molar refractivity (Wildman–Crippen MR) is 74.9 cm³/mol. The second-order valence-electron chi connectivity index (χ2n) is 5.22. The fraction of sp³-hybridized carbons (Fsp3) is 0.533. The number of aliphatic hydroxyl groups is 1. The van der Waals surface area contributed by atoms with E-state index in [4.69, 9.17) is 0 Å². The van der Waals surface area contributed by atoms with E-state index in [1.54, 1.807) is 6.07 Å². The maximum Gasteiger partial charge on any atom is 0.340 e. The number of halogens is 1. The van der Waals surface area contributed by atoms with Crippen LogP contribution < -0.4 is 5.32 Å². The Morgan fingerprint density at radius 1 is 1.45 bits per heavy atom. The monoisotopic (exact) mass is 283 g/mol. The first kappa shape index (κ1) is 16.6. The number of nitrogens with one attached hydrogen (secondary N) is 1. The average molecular weight is 283 g/mol. The third kappa shape index (κ3) is 5.27. The minimum absolute atomic E-state index is 0.0731. The van der Waals surface area contributed by atoms with Crippen molar-refractivity contribution in [3.8, 4) is 0 Å². The van der Waals surface area contributed by atoms with Crippen LogP contribution in [-0.2, 0) is 11.3 Å². The molecule has 5 heteroatoms. The minimum Gasteiger partial charge on any atom is -0.465 e. The Bertz CT molecular complexity index is 449. The van der Waals surface area contributed by atoms with E-state index < -0.39 is 17.9 Å². The number of rotatable bonds is 7. The Balaban J connectivity index is 2.49. The summed E-state index contributed by atoms with van der Waals surface area (Å²) in [5, 5.41) is 12.8. The van der Waals surface area contributed by atoms with E-state index in [1.165, 1.54) is 19.2 Å². The fourth-order valence-electron chi connectivity index (χ4n) is 1.95. The molecule has 0 saturated heterocycles. The highest BCUT2D eigenvalue weighted by Crippen LogP contribution is 2.12. The van der Waals surface area contributed by atoms with Gasteiger partial charge in [0.1, 0.15) is 5.82 Å². The normalized spacial score (nSPS) is 12.5. The van der Waals surface area contributed by atoms with Crippen LogP contribution in [0, 0.1) is 11.7 Å². The molecule has 1 aromatic rings. The Hall–Kier alpha value is -1.46. The van der Waals surface area contributed by atoms with Crippen molar-refractivity contribution >= 4 is 5.97 Å². The molecule has 1 atom stereocenters. The van der Waals surface area contributed by atoms with E-state index in [2.05, 4.69) is 10.1 Å². The molecule has 0 aliphatic heterocycles. The van der Waals surface area contributed by atoms with E-state index in [9.17, 15) is 14.3 Å². The summed E-state index contributed by atoms with van der Waals surface area (Å²) in [5.74, 6) is -0.850. The molecule has 0 bridgehead atoms. The molecular weight excluding hydrogens is 261 g/mol. The van der Waals surface area contributed by atoms with E-state index >= 15 is 0 Å². The van der Waals surface area contributed by atoms with Crippen LogP contribution >= 0.6 is 0 Å². The van der Waals surface area contributed by atoms with Gasteiger partial charge in [-0.2, -0.15) is 0 Å². The standard InChI is InChI=1S/C15H22FNO3/c1-10(2)6-12(18)9-17-8-11-4-5-13(14(16)7-11)15(19)20-3/h4-5,7,10,12,17-18H,6,8-9H2,1-3H3. The van der Waals surface area contributed by atoms with Gasteiger partial charge in [0.2, 0.25) is 0 Å². The molecule has 0 aliphatic carbocycles. The lowest BCUT2D eigenvalue weighted by Gasteiger charge is -2.14. The molecular formula is C15H22FNO3. The van der Waals surface area contributed by atoms with Gasteiger partial charge >= 0.3 is 5.97 Å². The summed E-state index contributed by atoms with van der Waals surface area (Å²) >= 11 is 0. The van der Waals surface area contributed by atoms with Gasteiger partial charge < -0.3 is 15.2 Å². The fourth-order valence-corrected chi connectivity index (χ4v) is 1.95. The molecule has 112 valence electrons. The van der Waals surface area contributed by atoms with Gasteiger partial charge in [-0.25, -0.2) is 9.18 Å². The summed E-state index contributed by atoms with van der Waals surface area (Å²) in [6.07, 6.45) is 0.317. The quantitative estimate of drug-likeness (QED) is 0.752. The Morgan fingerprint density at radius 2 is 2.15 bits per heavy atom. The lowest BCUT2D eigenvalue weighted by atomic mass is 10.1. The molecule has 0 saturated carbocycles. The van der Waals surface area contributed by atoms with Gasteiger partial charge in [-0.15, -0.1) is 0 Å². The van der Waals surface area contributed by atoms with Gasteiger partial charge in [-0.1, -0.05) is 19.9 Å². The highest BCUT2D eigenvalue weighted by Gasteiger charge is 2.12. The number of carbonyl (C=O) groups excluding carboxylic acids is 1. The summed E-state index contributed by atoms with van der Waals surface area (Å²) in [4.78, 5) is 11.2. The van der Waals surface area contributed by atoms with Gasteiger partial charge in [0.05, 0.1) is 18.8 Å². The Kier molecular flexibility index (Phi) is 6.61. The zero-order valence-electron chi connectivity index (χ0n) is 12.1. The van der Waals surface area contributed by atoms with Gasteiger partial charge in [0.25, 0.3) is 0 Å². The van der Waals surface area contributed by atoms with Crippen LogP contribution in [0.1, 0.15) is 36.2 Å². The molecule has 1 rings (SSSR count). The van der Waals surface area contributed by atoms with Crippen LogP contribution in [0.2, 0.25) is 0 Å². The first-order chi connectivity index (χ1) is 9.43. The number of carbonyl (C=O) groups is 1. The number of hydrogen-bond donors (Lipinski definition) is 2. The average Bonchev–Trinajstić information content (AvgIpc) is 2.37. The van der Waals surface area contributed by atoms with E-state index in [1.807, 2.05) is 13.8 Å². The molecule has 0 aromatic heterocycles. The number of hydrogen-bond acceptors (Lipinski definition) is 4. The maximum atomic E-state index is 13.7. The molecule has 20 heavy (non-hydrogen) atoms. The lowest BCUT2D eigenvalue weighted by Crippen LogP contribution is -2.27. The van der Waals surface area contributed by atoms with Crippen molar-refractivity contribution in [3.05, 3.63) is 35.1 Å². The van der Waals surface area contributed by atoms with Crippen LogP contribution in [0.3, 0.4) is 0 Å². The molecule has 1 unspecified atom stereocenters. The van der Waals surface area contributed by atoms with Crippen LogP contribution in [0.5, 0.6) is 0 Å². The predicted octanol–water partition coefficient (Wildman–Crippen LogP) is 2.11. The third-order valence-corrected chi connectivity index (χ3v) is 2.89. The second kappa shape index (κ2) is 7.97. The molecule has 0 aliphatic rings. The molecule has 0 heterocycles. The largest absolute Gasteiger partial charge is 0.465 e. The first-order valence-electron chi connectivity index (χ1n) is 6.69. The molecule has 0 radical (unpaired) electrons. The van der Waals surface area contributed by atoms with E-state index in [-0.39, 0.29) is 5.56 Å². The molecule has 0 amide bonds. The van der Waals surface area contributed by atoms with Crippen molar-refractivity contribution in [2.24, 2.45) is 5.92 Å². The number of methoxy groups -OCH3 is 1. The van der Waals surface area contributed by atoms with Crippen LogP contribution in [0.25, 0.3) is 0 Å². The maximum absolute atomic E-state index is 13.7. The second-order valence-corrected chi connectivity index (χ2v) is 5.22. The topological polar surface area (TPSA) is 58.6 Å². The van der Waals surface area contributed by atoms with Crippen molar-refractivity contribution in [3.63, 3.8) is 0 Å². The Labute approximate surface area is 119 Å². The summed E-state index contributed by atoms with van der Waals surface area (Å²) in [7, 11) is 1.22. The molecule has 4 nitrogen and oxygen atoms in total. The van der Waals surface area contributed by atoms with Crippen molar-refractivity contribution in [2.75, 3.05) is 13.7 Å². The van der Waals surface area contributed by atoms with E-state index in [0.717, 1.165) is 6.42 Å². The van der Waals surface area contributed by atoms with Gasteiger partial charge in [0, 0.05) is 13.1 Å². The van der Waals surface area contributed by atoms with Crippen LogP contribution in [0.4, 0.5) is 4.39 Å². The van der Waals surface area contributed by atoms with E-state index in [0.29, 0.717) is 24.6 Å². The third-order valence-electron chi connectivity index (χ3n) is 2.89. The van der Waals surface area contributed by atoms with Crippen molar-refractivity contribution in [1.82, 2.24) is 5.32 Å². The first-order valence-corrected chi connectivity index (χ1v) is 6.69. The Morgan fingerprint density at radius 3 is 2.70 bits per heavy atom. The van der Waals surface area contributed by atoms with Gasteiger partial charge in [0.15, 0.2) is 0 Å². The van der Waals surface area contributed by atoms with Gasteiger partial charge in [-0.3, -0.25) is 0 Å². The lowest BCUT2D eigenvalue weighted by molar-refractivity contribution is 0.0595. The zero-order chi connectivity index (χ0) is 15.1. The number of aliphatic hydroxyl groups excluding tert-OH is 1. The summed E-state index contributed by atoms with van der Waals surface area (Å²) in [5.41, 5.74) is 0.642. The van der Waals surface area contributed by atoms with Crippen molar-refractivity contribution in [1.29, 1.82) is 0 Å². The number of ether oxygens (including phenoxy) is 1. The van der Waals surface area contributed by atoms with Crippen molar-refractivity contribution in [2.45, 2.75) is 32.9 Å².